The second kappa shape index (κ2) is 9.24. The standard InChI is InChI=1S/C23H21ClO3/c24-20-13-14-22(27-16-17-7-2-1-3-8-17)19(15-20)11-6-10-18-9-4-5-12-21(18)23(25)26/h1-5,7-9,12-15H,6,10-11,16H2,(H,25,26). The van der Waals surface area contributed by atoms with Crippen LogP contribution in [0.5, 0.6) is 5.75 Å². The first kappa shape index (κ1) is 19.0. The lowest BCUT2D eigenvalue weighted by molar-refractivity contribution is 0.0695. The third kappa shape index (κ3) is 5.35. The summed E-state index contributed by atoms with van der Waals surface area (Å²) in [7, 11) is 0. The molecule has 0 spiro atoms. The normalized spacial score (nSPS) is 10.6. The Hall–Kier alpha value is -2.78. The summed E-state index contributed by atoms with van der Waals surface area (Å²) in [5, 5.41) is 9.97. The fraction of sp³-hybridized carbons (Fsp3) is 0.174. The summed E-state index contributed by atoms with van der Waals surface area (Å²) in [6, 6.07) is 22.8. The van der Waals surface area contributed by atoms with Crippen molar-refractivity contribution in [1.29, 1.82) is 0 Å². The van der Waals surface area contributed by atoms with Gasteiger partial charge in [0.25, 0.3) is 0 Å². The second-order valence-electron chi connectivity index (χ2n) is 6.34. The predicted octanol–water partition coefficient (Wildman–Crippen LogP) is 5.79. The smallest absolute Gasteiger partial charge is 0.335 e. The molecule has 3 aromatic carbocycles. The molecule has 0 bridgehead atoms. The fourth-order valence-electron chi connectivity index (χ4n) is 3.04. The lowest BCUT2D eigenvalue weighted by Crippen LogP contribution is -2.03. The Morgan fingerprint density at radius 2 is 1.59 bits per heavy atom. The summed E-state index contributed by atoms with van der Waals surface area (Å²) >= 11 is 6.16. The monoisotopic (exact) mass is 380 g/mol. The van der Waals surface area contributed by atoms with Gasteiger partial charge in [0.15, 0.2) is 0 Å². The largest absolute Gasteiger partial charge is 0.489 e. The molecule has 0 amide bonds. The molecular formula is C23H21ClO3. The predicted molar refractivity (Wildman–Crippen MR) is 108 cm³/mol. The Kier molecular flexibility index (Phi) is 6.50. The molecule has 0 aliphatic rings. The van der Waals surface area contributed by atoms with Crippen LogP contribution in [0.2, 0.25) is 5.02 Å². The SMILES string of the molecule is O=C(O)c1ccccc1CCCc1cc(Cl)ccc1OCc1ccccc1. The van der Waals surface area contributed by atoms with Crippen LogP contribution in [0.25, 0.3) is 0 Å². The van der Waals surface area contributed by atoms with Crippen LogP contribution >= 0.6 is 11.6 Å². The summed E-state index contributed by atoms with van der Waals surface area (Å²) in [6.45, 7) is 0.497. The molecule has 1 N–H and O–H groups in total. The summed E-state index contributed by atoms with van der Waals surface area (Å²) in [5.41, 5.74) is 3.35. The molecule has 138 valence electrons. The number of hydrogen-bond donors (Lipinski definition) is 1. The number of aryl methyl sites for hydroxylation is 2. The number of halogens is 1. The van der Waals surface area contributed by atoms with Crippen molar-refractivity contribution >= 4 is 17.6 Å². The number of hydrogen-bond acceptors (Lipinski definition) is 2. The quantitative estimate of drug-likeness (QED) is 0.537. The molecule has 0 saturated carbocycles. The van der Waals surface area contributed by atoms with Gasteiger partial charge >= 0.3 is 5.97 Å². The first-order chi connectivity index (χ1) is 13.1. The van der Waals surface area contributed by atoms with Crippen LogP contribution in [-0.2, 0) is 19.4 Å². The van der Waals surface area contributed by atoms with Gasteiger partial charge in [-0.25, -0.2) is 4.79 Å². The van der Waals surface area contributed by atoms with Crippen molar-refractivity contribution in [1.82, 2.24) is 0 Å². The minimum absolute atomic E-state index is 0.365. The van der Waals surface area contributed by atoms with Crippen molar-refractivity contribution in [2.45, 2.75) is 25.9 Å². The minimum atomic E-state index is -0.889. The van der Waals surface area contributed by atoms with Crippen molar-refractivity contribution in [3.05, 3.63) is 100 Å². The summed E-state index contributed by atoms with van der Waals surface area (Å²) in [6.07, 6.45) is 2.26. The molecule has 0 atom stereocenters. The van der Waals surface area contributed by atoms with E-state index in [2.05, 4.69) is 0 Å². The van der Waals surface area contributed by atoms with Crippen LogP contribution < -0.4 is 4.74 Å². The van der Waals surface area contributed by atoms with Crippen LogP contribution in [0.15, 0.2) is 72.8 Å². The second-order valence-corrected chi connectivity index (χ2v) is 6.78. The van der Waals surface area contributed by atoms with E-state index in [1.807, 2.05) is 60.7 Å². The highest BCUT2D eigenvalue weighted by molar-refractivity contribution is 6.30. The van der Waals surface area contributed by atoms with Crippen molar-refractivity contribution in [2.75, 3.05) is 0 Å². The molecule has 3 aromatic rings. The summed E-state index contributed by atoms with van der Waals surface area (Å²) < 4.78 is 5.99. The number of rotatable bonds is 8. The number of carbonyl (C=O) groups is 1. The van der Waals surface area contributed by atoms with Gasteiger partial charge in [0.1, 0.15) is 12.4 Å². The van der Waals surface area contributed by atoms with Crippen molar-refractivity contribution in [2.24, 2.45) is 0 Å². The van der Waals surface area contributed by atoms with Crippen LogP contribution in [0.4, 0.5) is 0 Å². The Labute approximate surface area is 164 Å². The summed E-state index contributed by atoms with van der Waals surface area (Å²) in [4.78, 5) is 11.3. The molecule has 0 fully saturated rings. The maximum Gasteiger partial charge on any atom is 0.335 e. The fourth-order valence-corrected chi connectivity index (χ4v) is 3.23. The van der Waals surface area contributed by atoms with Crippen LogP contribution in [0, 0.1) is 0 Å². The van der Waals surface area contributed by atoms with Crippen LogP contribution in [0.1, 0.15) is 33.5 Å². The molecule has 0 unspecified atom stereocenters. The lowest BCUT2D eigenvalue weighted by Gasteiger charge is -2.13. The third-order valence-corrected chi connectivity index (χ3v) is 4.63. The van der Waals surface area contributed by atoms with Crippen molar-refractivity contribution in [3.63, 3.8) is 0 Å². The highest BCUT2D eigenvalue weighted by Crippen LogP contribution is 2.26. The van der Waals surface area contributed by atoms with E-state index >= 15 is 0 Å². The molecule has 3 nitrogen and oxygen atoms in total. The van der Waals surface area contributed by atoms with Gasteiger partial charge in [-0.3, -0.25) is 0 Å². The molecule has 0 aliphatic carbocycles. The van der Waals surface area contributed by atoms with E-state index in [4.69, 9.17) is 16.3 Å². The Morgan fingerprint density at radius 1 is 0.889 bits per heavy atom. The molecule has 3 rings (SSSR count). The first-order valence-corrected chi connectivity index (χ1v) is 9.27. The first-order valence-electron chi connectivity index (χ1n) is 8.90. The van der Waals surface area contributed by atoms with Crippen molar-refractivity contribution in [3.8, 4) is 5.75 Å². The minimum Gasteiger partial charge on any atom is -0.489 e. The van der Waals surface area contributed by atoms with Crippen LogP contribution in [-0.4, -0.2) is 11.1 Å². The highest BCUT2D eigenvalue weighted by Gasteiger charge is 2.10. The van der Waals surface area contributed by atoms with Crippen molar-refractivity contribution < 1.29 is 14.6 Å². The molecule has 0 aromatic heterocycles. The molecule has 0 radical (unpaired) electrons. The Morgan fingerprint density at radius 3 is 2.37 bits per heavy atom. The molecule has 0 aliphatic heterocycles. The van der Waals surface area contributed by atoms with E-state index in [1.54, 1.807) is 12.1 Å². The van der Waals surface area contributed by atoms with Crippen LogP contribution in [0.3, 0.4) is 0 Å². The maximum atomic E-state index is 11.3. The van der Waals surface area contributed by atoms with E-state index in [0.717, 1.165) is 35.3 Å². The van der Waals surface area contributed by atoms with Gasteiger partial charge < -0.3 is 9.84 Å². The third-order valence-electron chi connectivity index (χ3n) is 4.40. The zero-order valence-corrected chi connectivity index (χ0v) is 15.7. The number of benzene rings is 3. The summed E-state index contributed by atoms with van der Waals surface area (Å²) in [5.74, 6) is -0.0741. The zero-order chi connectivity index (χ0) is 19.1. The van der Waals surface area contributed by atoms with E-state index in [9.17, 15) is 9.90 Å². The van der Waals surface area contributed by atoms with Gasteiger partial charge in [0.2, 0.25) is 0 Å². The van der Waals surface area contributed by atoms with Gasteiger partial charge in [0, 0.05) is 5.02 Å². The molecule has 0 heterocycles. The molecule has 0 saturated heterocycles. The number of carboxylic acid groups (broad SMARTS) is 1. The average Bonchev–Trinajstić information content (AvgIpc) is 2.68. The van der Waals surface area contributed by atoms with E-state index in [0.29, 0.717) is 23.6 Å². The van der Waals surface area contributed by atoms with E-state index < -0.39 is 5.97 Å². The van der Waals surface area contributed by atoms with E-state index in [-0.39, 0.29) is 0 Å². The Balaban J connectivity index is 1.66. The molecule has 4 heteroatoms. The zero-order valence-electron chi connectivity index (χ0n) is 14.9. The average molecular weight is 381 g/mol. The van der Waals surface area contributed by atoms with Gasteiger partial charge in [-0.15, -0.1) is 0 Å². The van der Waals surface area contributed by atoms with E-state index in [1.165, 1.54) is 0 Å². The number of ether oxygens (including phenoxy) is 1. The topological polar surface area (TPSA) is 46.5 Å². The lowest BCUT2D eigenvalue weighted by atomic mass is 9.99. The molecule has 27 heavy (non-hydrogen) atoms. The number of carboxylic acids is 1. The van der Waals surface area contributed by atoms with Gasteiger partial charge in [-0.2, -0.15) is 0 Å². The highest BCUT2D eigenvalue weighted by atomic mass is 35.5. The van der Waals surface area contributed by atoms with Gasteiger partial charge in [-0.1, -0.05) is 60.1 Å². The molecular weight excluding hydrogens is 360 g/mol. The van der Waals surface area contributed by atoms with Gasteiger partial charge in [0.05, 0.1) is 5.56 Å². The van der Waals surface area contributed by atoms with Gasteiger partial charge in [-0.05, 0) is 60.2 Å². The maximum absolute atomic E-state index is 11.3. The number of aromatic carboxylic acids is 1. The Bertz CT molecular complexity index is 907.